The molecule has 1 saturated heterocycles. The average Bonchev–Trinajstić information content (AvgIpc) is 3.25. The maximum Gasteiger partial charge on any atom is 0.191 e. The Morgan fingerprint density at radius 2 is 2.06 bits per heavy atom. The summed E-state index contributed by atoms with van der Waals surface area (Å²) >= 11 is 0. The molecule has 1 aliphatic heterocycles. The average molecular weight is 558 g/mol. The highest BCUT2D eigenvalue weighted by Gasteiger charge is 2.22. The summed E-state index contributed by atoms with van der Waals surface area (Å²) in [6.45, 7) is 5.43. The molecule has 2 N–H and O–H groups in total. The number of aromatic nitrogens is 3. The number of halogens is 1. The van der Waals surface area contributed by atoms with Gasteiger partial charge in [-0.15, -0.1) is 34.2 Å². The van der Waals surface area contributed by atoms with Crippen LogP contribution >= 0.6 is 24.0 Å². The molecule has 1 aromatic carbocycles. The van der Waals surface area contributed by atoms with Crippen LogP contribution in [0.1, 0.15) is 37.6 Å². The second-order valence-electron chi connectivity index (χ2n) is 7.97. The number of anilines is 1. The highest BCUT2D eigenvalue weighted by molar-refractivity contribution is 14.0. The monoisotopic (exact) mass is 558 g/mol. The maximum atomic E-state index is 9.45. The van der Waals surface area contributed by atoms with Gasteiger partial charge in [-0.2, -0.15) is 5.26 Å². The molecule has 0 radical (unpaired) electrons. The maximum absolute atomic E-state index is 9.45. The van der Waals surface area contributed by atoms with Crippen LogP contribution in [0.2, 0.25) is 0 Å². The third-order valence-electron chi connectivity index (χ3n) is 5.68. The van der Waals surface area contributed by atoms with Gasteiger partial charge in [-0.3, -0.25) is 9.39 Å². The van der Waals surface area contributed by atoms with Gasteiger partial charge >= 0.3 is 0 Å². The summed E-state index contributed by atoms with van der Waals surface area (Å²) < 4.78 is 2.03. The number of aryl methyl sites for hydroxylation is 1. The number of piperidine rings is 1. The molecule has 8 nitrogen and oxygen atoms in total. The van der Waals surface area contributed by atoms with Gasteiger partial charge in [0.25, 0.3) is 0 Å². The van der Waals surface area contributed by atoms with Gasteiger partial charge in [0.15, 0.2) is 11.6 Å². The number of fused-ring (bicyclic) bond motifs is 1. The predicted octanol–water partition coefficient (Wildman–Crippen LogP) is 3.38. The molecule has 1 unspecified atom stereocenters. The van der Waals surface area contributed by atoms with E-state index in [1.54, 1.807) is 0 Å². The molecule has 4 rings (SSSR count). The standard InChI is InChI=1S/C24H30N8.HI/c1-2-26-24(27-14-7-13-23-30-29-22-12-5-6-16-32(22)23)28-20-10-8-15-31(18-20)21-11-4-3-9-19(21)17-25;/h3-6,9,11-12,16,20H,2,7-8,10,13-15,18H2,1H3,(H2,26,27,28);1H. The summed E-state index contributed by atoms with van der Waals surface area (Å²) in [4.78, 5) is 7.09. The van der Waals surface area contributed by atoms with Crippen LogP contribution in [-0.4, -0.2) is 52.8 Å². The second kappa shape index (κ2) is 12.4. The first-order valence-electron chi connectivity index (χ1n) is 11.4. The first kappa shape index (κ1) is 24.8. The lowest BCUT2D eigenvalue weighted by atomic mass is 10.0. The van der Waals surface area contributed by atoms with Crippen LogP contribution in [0.15, 0.2) is 53.7 Å². The highest BCUT2D eigenvalue weighted by Crippen LogP contribution is 2.23. The van der Waals surface area contributed by atoms with Gasteiger partial charge in [-0.1, -0.05) is 18.2 Å². The van der Waals surface area contributed by atoms with Crippen LogP contribution in [0.4, 0.5) is 5.69 Å². The number of para-hydroxylation sites is 1. The van der Waals surface area contributed by atoms with Crippen molar-refractivity contribution in [1.82, 2.24) is 25.2 Å². The molecule has 1 fully saturated rings. The van der Waals surface area contributed by atoms with E-state index in [4.69, 9.17) is 4.99 Å². The third kappa shape index (κ3) is 6.35. The number of rotatable bonds is 7. The van der Waals surface area contributed by atoms with E-state index in [2.05, 4.69) is 38.7 Å². The van der Waals surface area contributed by atoms with Crippen molar-refractivity contribution < 1.29 is 0 Å². The Morgan fingerprint density at radius 3 is 2.91 bits per heavy atom. The molecular weight excluding hydrogens is 527 g/mol. The van der Waals surface area contributed by atoms with Gasteiger partial charge in [0.1, 0.15) is 11.9 Å². The molecular formula is C24H31IN8. The normalized spacial score (nSPS) is 16.2. The third-order valence-corrected chi connectivity index (χ3v) is 5.68. The molecule has 0 saturated carbocycles. The minimum atomic E-state index is 0. The van der Waals surface area contributed by atoms with Crippen molar-refractivity contribution in [2.75, 3.05) is 31.1 Å². The number of nitrogens with zero attached hydrogens (tertiary/aromatic N) is 6. The zero-order valence-corrected chi connectivity index (χ0v) is 21.3. The molecule has 0 spiro atoms. The van der Waals surface area contributed by atoms with Gasteiger partial charge < -0.3 is 15.5 Å². The molecule has 174 valence electrons. The minimum Gasteiger partial charge on any atom is -0.368 e. The summed E-state index contributed by atoms with van der Waals surface area (Å²) in [5, 5.41) is 24.9. The number of hydrogen-bond acceptors (Lipinski definition) is 5. The Morgan fingerprint density at radius 1 is 1.21 bits per heavy atom. The van der Waals surface area contributed by atoms with Crippen molar-refractivity contribution in [1.29, 1.82) is 5.26 Å². The fourth-order valence-corrected chi connectivity index (χ4v) is 4.16. The van der Waals surface area contributed by atoms with Gasteiger partial charge in [0.2, 0.25) is 0 Å². The Balaban J connectivity index is 0.00000306. The summed E-state index contributed by atoms with van der Waals surface area (Å²) in [5.74, 6) is 1.81. The SMILES string of the molecule is CCNC(=NCCCc1nnc2ccccn12)NC1CCCN(c2ccccc2C#N)C1.I. The lowest BCUT2D eigenvalue weighted by Gasteiger charge is -2.35. The van der Waals surface area contributed by atoms with E-state index in [9.17, 15) is 5.26 Å². The van der Waals surface area contributed by atoms with Gasteiger partial charge in [-0.25, -0.2) is 0 Å². The molecule has 0 aliphatic carbocycles. The minimum absolute atomic E-state index is 0. The molecule has 1 atom stereocenters. The van der Waals surface area contributed by atoms with Crippen molar-refractivity contribution in [2.45, 2.75) is 38.6 Å². The van der Waals surface area contributed by atoms with E-state index >= 15 is 0 Å². The zero-order valence-electron chi connectivity index (χ0n) is 18.9. The van der Waals surface area contributed by atoms with Crippen molar-refractivity contribution in [3.63, 3.8) is 0 Å². The van der Waals surface area contributed by atoms with E-state index in [1.807, 2.05) is 53.1 Å². The van der Waals surface area contributed by atoms with Gasteiger partial charge in [0, 0.05) is 44.8 Å². The highest BCUT2D eigenvalue weighted by atomic mass is 127. The Kier molecular flexibility index (Phi) is 9.30. The van der Waals surface area contributed by atoms with Crippen LogP contribution in [0.5, 0.6) is 0 Å². The summed E-state index contributed by atoms with van der Waals surface area (Å²) in [6, 6.07) is 16.4. The number of nitriles is 1. The van der Waals surface area contributed by atoms with Crippen LogP contribution in [0.3, 0.4) is 0 Å². The van der Waals surface area contributed by atoms with Crippen LogP contribution in [0.25, 0.3) is 5.65 Å². The number of benzene rings is 1. The van der Waals surface area contributed by atoms with Gasteiger partial charge in [0.05, 0.1) is 11.3 Å². The second-order valence-corrected chi connectivity index (χ2v) is 7.97. The van der Waals surface area contributed by atoms with Crippen LogP contribution < -0.4 is 15.5 Å². The topological polar surface area (TPSA) is 93.6 Å². The number of hydrogen-bond donors (Lipinski definition) is 2. The summed E-state index contributed by atoms with van der Waals surface area (Å²) in [5.41, 5.74) is 2.62. The van der Waals surface area contributed by atoms with E-state index in [0.717, 1.165) is 74.0 Å². The van der Waals surface area contributed by atoms with E-state index in [0.29, 0.717) is 6.54 Å². The quantitative estimate of drug-likeness (QED) is 0.200. The fourth-order valence-electron chi connectivity index (χ4n) is 4.16. The summed E-state index contributed by atoms with van der Waals surface area (Å²) in [7, 11) is 0. The molecule has 3 aromatic rings. The Hall–Kier alpha value is -2.87. The van der Waals surface area contributed by atoms with E-state index in [1.165, 1.54) is 0 Å². The molecule has 0 amide bonds. The van der Waals surface area contributed by atoms with Crippen molar-refractivity contribution in [2.24, 2.45) is 4.99 Å². The lowest BCUT2D eigenvalue weighted by molar-refractivity contribution is 0.468. The summed E-state index contributed by atoms with van der Waals surface area (Å²) in [6.07, 6.45) is 5.89. The first-order valence-corrected chi connectivity index (χ1v) is 11.4. The van der Waals surface area contributed by atoms with Crippen LogP contribution in [0, 0.1) is 11.3 Å². The number of nitrogens with one attached hydrogen (secondary N) is 2. The van der Waals surface area contributed by atoms with Gasteiger partial charge in [-0.05, 0) is 50.5 Å². The lowest BCUT2D eigenvalue weighted by Crippen LogP contribution is -2.51. The molecule has 9 heteroatoms. The Bertz CT molecular complexity index is 1100. The molecule has 3 heterocycles. The molecule has 0 bridgehead atoms. The van der Waals surface area contributed by atoms with E-state index in [-0.39, 0.29) is 30.0 Å². The fraction of sp³-hybridized carbons (Fsp3) is 0.417. The zero-order chi connectivity index (χ0) is 22.2. The first-order chi connectivity index (χ1) is 15.8. The number of guanidine groups is 1. The van der Waals surface area contributed by atoms with Crippen LogP contribution in [-0.2, 0) is 6.42 Å². The predicted molar refractivity (Wildman–Crippen MR) is 142 cm³/mol. The molecule has 33 heavy (non-hydrogen) atoms. The van der Waals surface area contributed by atoms with E-state index < -0.39 is 0 Å². The number of aliphatic imine (C=N–C) groups is 1. The smallest absolute Gasteiger partial charge is 0.191 e. The van der Waals surface area contributed by atoms with Crippen molar-refractivity contribution in [3.8, 4) is 6.07 Å². The van der Waals surface area contributed by atoms with Crippen molar-refractivity contribution >= 4 is 41.3 Å². The molecule has 2 aromatic heterocycles. The number of pyridine rings is 1. The largest absolute Gasteiger partial charge is 0.368 e. The molecule has 1 aliphatic rings. The van der Waals surface area contributed by atoms with Crippen molar-refractivity contribution in [3.05, 3.63) is 60.0 Å². The Labute approximate surface area is 212 Å².